The average Bonchev–Trinajstić information content (AvgIpc) is 3.49. The first kappa shape index (κ1) is 25.2. The molecule has 2 N–H and O–H groups in total. The number of rotatable bonds is 9. The van der Waals surface area contributed by atoms with Gasteiger partial charge >= 0.3 is 0 Å². The largest absolute Gasteiger partial charge is 0.425 e. The first-order valence-corrected chi connectivity index (χ1v) is 13.6. The van der Waals surface area contributed by atoms with Crippen LogP contribution >= 0.6 is 0 Å². The highest BCUT2D eigenvalue weighted by Crippen LogP contribution is 2.39. The molecule has 3 aromatic rings. The molecule has 1 aliphatic carbocycles. The summed E-state index contributed by atoms with van der Waals surface area (Å²) in [5.74, 6) is 3.78. The van der Waals surface area contributed by atoms with Gasteiger partial charge in [0, 0.05) is 62.8 Å². The van der Waals surface area contributed by atoms with Crippen molar-refractivity contribution in [1.29, 1.82) is 0 Å². The number of benzene rings is 1. The number of nitrogens with zero attached hydrogens (tertiary/aromatic N) is 4. The molecule has 0 radical (unpaired) electrons. The second kappa shape index (κ2) is 11.3. The van der Waals surface area contributed by atoms with Crippen LogP contribution in [0.2, 0.25) is 0 Å². The van der Waals surface area contributed by atoms with Crippen molar-refractivity contribution >= 4 is 10.9 Å². The Morgan fingerprint density at radius 3 is 2.61 bits per heavy atom. The maximum absolute atomic E-state index is 9.22. The van der Waals surface area contributed by atoms with Gasteiger partial charge in [0.2, 0.25) is 11.8 Å². The standard InChI is InChI=1S/C29H41N5O2/c1-20(2)26-15-22(21(3)14-24(26)19-34-10-8-33(9-11-34)12-13-35)16-28-31-32-29(36-28)17-23-18-30-27-7-5-4-6-25(23)27/h4-7,14,18,20,22,24,26,30,35H,8-13,15-17,19H2,1-3H3. The van der Waals surface area contributed by atoms with Gasteiger partial charge in [-0.2, -0.15) is 0 Å². The Bertz CT molecular complexity index is 1160. The molecule has 7 heteroatoms. The summed E-state index contributed by atoms with van der Waals surface area (Å²) in [6, 6.07) is 8.33. The van der Waals surface area contributed by atoms with Crippen molar-refractivity contribution in [2.24, 2.45) is 23.7 Å². The third-order valence-electron chi connectivity index (χ3n) is 8.38. The third kappa shape index (κ3) is 5.74. The van der Waals surface area contributed by atoms with E-state index in [1.165, 1.54) is 22.9 Å². The summed E-state index contributed by atoms with van der Waals surface area (Å²) in [5, 5.41) is 19.2. The number of aliphatic hydroxyl groups is 1. The van der Waals surface area contributed by atoms with E-state index in [1.807, 2.05) is 12.3 Å². The molecule has 1 aromatic carbocycles. The number of aliphatic hydroxyl groups excluding tert-OH is 1. The number of nitrogens with one attached hydrogen (secondary N) is 1. The third-order valence-corrected chi connectivity index (χ3v) is 8.38. The normalized spacial score (nSPS) is 24.0. The van der Waals surface area contributed by atoms with Crippen LogP contribution in [0.25, 0.3) is 10.9 Å². The SMILES string of the molecule is CC1=CC(CN2CCN(CCO)CC2)C(C(C)C)CC1Cc1nnc(Cc2c[nH]c3ccccc23)o1. The first-order valence-electron chi connectivity index (χ1n) is 13.6. The van der Waals surface area contributed by atoms with Crippen molar-refractivity contribution < 1.29 is 9.52 Å². The summed E-state index contributed by atoms with van der Waals surface area (Å²) >= 11 is 0. The van der Waals surface area contributed by atoms with Crippen LogP contribution in [0.3, 0.4) is 0 Å². The molecule has 0 spiro atoms. The number of fused-ring (bicyclic) bond motifs is 1. The van der Waals surface area contributed by atoms with Crippen molar-refractivity contribution in [2.75, 3.05) is 45.9 Å². The van der Waals surface area contributed by atoms with Crippen LogP contribution in [-0.4, -0.2) is 76.0 Å². The molecule has 1 fully saturated rings. The molecule has 3 heterocycles. The summed E-state index contributed by atoms with van der Waals surface area (Å²) in [6.07, 6.45) is 7.23. The summed E-state index contributed by atoms with van der Waals surface area (Å²) in [4.78, 5) is 8.31. The minimum absolute atomic E-state index is 0.256. The minimum atomic E-state index is 0.256. The monoisotopic (exact) mass is 491 g/mol. The predicted octanol–water partition coefficient (Wildman–Crippen LogP) is 4.15. The Labute approximate surface area is 214 Å². The fourth-order valence-corrected chi connectivity index (χ4v) is 6.21. The molecule has 1 aliphatic heterocycles. The van der Waals surface area contributed by atoms with E-state index in [-0.39, 0.29) is 6.61 Å². The summed E-state index contributed by atoms with van der Waals surface area (Å²) < 4.78 is 6.14. The van der Waals surface area contributed by atoms with Gasteiger partial charge in [-0.1, -0.05) is 43.7 Å². The quantitative estimate of drug-likeness (QED) is 0.438. The second-order valence-electron chi connectivity index (χ2n) is 11.1. The highest BCUT2D eigenvalue weighted by Gasteiger charge is 2.34. The minimum Gasteiger partial charge on any atom is -0.425 e. The smallest absolute Gasteiger partial charge is 0.221 e. The van der Waals surface area contributed by atoms with Gasteiger partial charge in [-0.15, -0.1) is 10.2 Å². The molecule has 0 bridgehead atoms. The number of hydrogen-bond donors (Lipinski definition) is 2. The number of β-amino-alcohol motifs (C(OH)–C–C–N with tert-alkyl or cyclic N) is 1. The van der Waals surface area contributed by atoms with Gasteiger partial charge in [0.15, 0.2) is 0 Å². The van der Waals surface area contributed by atoms with Crippen LogP contribution in [-0.2, 0) is 12.8 Å². The van der Waals surface area contributed by atoms with Crippen LogP contribution in [0, 0.1) is 23.7 Å². The molecule has 36 heavy (non-hydrogen) atoms. The van der Waals surface area contributed by atoms with Crippen molar-refractivity contribution in [3.05, 3.63) is 59.5 Å². The molecule has 0 saturated carbocycles. The Morgan fingerprint density at radius 1 is 1.08 bits per heavy atom. The Morgan fingerprint density at radius 2 is 1.83 bits per heavy atom. The zero-order valence-electron chi connectivity index (χ0n) is 22.0. The Kier molecular flexibility index (Phi) is 7.89. The predicted molar refractivity (Wildman–Crippen MR) is 143 cm³/mol. The van der Waals surface area contributed by atoms with E-state index in [1.54, 1.807) is 0 Å². The molecule has 3 unspecified atom stereocenters. The number of aromatic amines is 1. The van der Waals surface area contributed by atoms with Gasteiger partial charge in [-0.05, 0) is 48.6 Å². The number of allylic oxidation sites excluding steroid dienone is 1. The second-order valence-corrected chi connectivity index (χ2v) is 11.1. The molecular weight excluding hydrogens is 450 g/mol. The van der Waals surface area contributed by atoms with Gasteiger partial charge < -0.3 is 19.4 Å². The van der Waals surface area contributed by atoms with Crippen LogP contribution < -0.4 is 0 Å². The van der Waals surface area contributed by atoms with Crippen molar-refractivity contribution in [2.45, 2.75) is 40.0 Å². The zero-order valence-corrected chi connectivity index (χ0v) is 22.0. The molecule has 5 rings (SSSR count). The lowest BCUT2D eigenvalue weighted by molar-refractivity contribution is 0.0887. The average molecular weight is 492 g/mol. The number of hydrogen-bond acceptors (Lipinski definition) is 6. The summed E-state index contributed by atoms with van der Waals surface area (Å²) in [6.45, 7) is 13.5. The van der Waals surface area contributed by atoms with E-state index in [0.29, 0.717) is 36.0 Å². The summed E-state index contributed by atoms with van der Waals surface area (Å²) in [5.41, 5.74) is 3.79. The van der Waals surface area contributed by atoms with Gasteiger partial charge in [-0.25, -0.2) is 0 Å². The maximum Gasteiger partial charge on any atom is 0.221 e. The van der Waals surface area contributed by atoms with E-state index in [0.717, 1.165) is 57.1 Å². The van der Waals surface area contributed by atoms with E-state index < -0.39 is 0 Å². The molecule has 2 aliphatic rings. The number of para-hydroxylation sites is 1. The van der Waals surface area contributed by atoms with Crippen molar-refractivity contribution in [3.8, 4) is 0 Å². The number of H-pyrrole nitrogens is 1. The van der Waals surface area contributed by atoms with E-state index >= 15 is 0 Å². The molecule has 3 atom stereocenters. The first-order chi connectivity index (χ1) is 17.5. The maximum atomic E-state index is 9.22. The van der Waals surface area contributed by atoms with Gasteiger partial charge in [0.25, 0.3) is 0 Å². The van der Waals surface area contributed by atoms with E-state index in [4.69, 9.17) is 4.42 Å². The van der Waals surface area contributed by atoms with Crippen LogP contribution in [0.15, 0.2) is 46.5 Å². The highest BCUT2D eigenvalue weighted by molar-refractivity contribution is 5.83. The van der Waals surface area contributed by atoms with Crippen LogP contribution in [0.1, 0.15) is 44.5 Å². The molecule has 0 amide bonds. The molecular formula is C29H41N5O2. The molecule has 194 valence electrons. The van der Waals surface area contributed by atoms with E-state index in [2.05, 4.69) is 70.0 Å². The van der Waals surface area contributed by atoms with Crippen LogP contribution in [0.4, 0.5) is 0 Å². The van der Waals surface area contributed by atoms with Gasteiger partial charge in [-0.3, -0.25) is 4.90 Å². The molecule has 1 saturated heterocycles. The van der Waals surface area contributed by atoms with Crippen LogP contribution in [0.5, 0.6) is 0 Å². The fraction of sp³-hybridized carbons (Fsp3) is 0.586. The number of aromatic nitrogens is 3. The molecule has 2 aromatic heterocycles. The van der Waals surface area contributed by atoms with Crippen molar-refractivity contribution in [1.82, 2.24) is 25.0 Å². The highest BCUT2D eigenvalue weighted by atomic mass is 16.4. The number of piperazine rings is 1. The fourth-order valence-electron chi connectivity index (χ4n) is 6.21. The zero-order chi connectivity index (χ0) is 25.1. The lowest BCUT2D eigenvalue weighted by atomic mass is 9.69. The summed E-state index contributed by atoms with van der Waals surface area (Å²) in [7, 11) is 0. The lowest BCUT2D eigenvalue weighted by Gasteiger charge is -2.41. The van der Waals surface area contributed by atoms with Gasteiger partial charge in [0.05, 0.1) is 13.0 Å². The lowest BCUT2D eigenvalue weighted by Crippen LogP contribution is -2.49. The molecule has 7 nitrogen and oxygen atoms in total. The topological polar surface area (TPSA) is 81.4 Å². The van der Waals surface area contributed by atoms with Crippen molar-refractivity contribution in [3.63, 3.8) is 0 Å². The van der Waals surface area contributed by atoms with Gasteiger partial charge in [0.1, 0.15) is 0 Å². The van der Waals surface area contributed by atoms with E-state index in [9.17, 15) is 5.11 Å². The Balaban J connectivity index is 1.22. The Hall–Kier alpha value is -2.48.